The number of nitrogens with two attached hydrogens (primary N) is 1. The van der Waals surface area contributed by atoms with Gasteiger partial charge in [0.15, 0.2) is 0 Å². The lowest BCUT2D eigenvalue weighted by Crippen LogP contribution is -1.86. The maximum Gasteiger partial charge on any atom is 0.106 e. The Hall–Kier alpha value is -0.500. The highest BCUT2D eigenvalue weighted by molar-refractivity contribution is 4.62. The smallest absolute Gasteiger partial charge is 0.106 e. The van der Waals surface area contributed by atoms with Gasteiger partial charge in [-0.15, -0.1) is 0 Å². The summed E-state index contributed by atoms with van der Waals surface area (Å²) in [6.45, 7) is 1.83. The molecule has 0 spiro atoms. The van der Waals surface area contributed by atoms with Gasteiger partial charge in [-0.2, -0.15) is 5.90 Å². The Balaban J connectivity index is 2.62. The zero-order valence-electron chi connectivity index (χ0n) is 3.14. The lowest BCUT2D eigenvalue weighted by atomic mass is 10.7. The van der Waals surface area contributed by atoms with Crippen molar-refractivity contribution in [3.8, 4) is 0 Å². The summed E-state index contributed by atoms with van der Waals surface area (Å²) in [6, 6.07) is 0. The number of rotatable bonds is 1. The van der Waals surface area contributed by atoms with Crippen molar-refractivity contribution < 1.29 is 4.84 Å². The molecule has 0 aromatic rings. The van der Waals surface area contributed by atoms with Gasteiger partial charge in [0, 0.05) is 0 Å². The van der Waals surface area contributed by atoms with Crippen LogP contribution in [-0.2, 0) is 4.84 Å². The zero-order chi connectivity index (χ0) is 4.12. The van der Waals surface area contributed by atoms with Gasteiger partial charge in [0.1, 0.15) is 6.26 Å². The summed E-state index contributed by atoms with van der Waals surface area (Å²) >= 11 is 0. The summed E-state index contributed by atoms with van der Waals surface area (Å²) in [5.41, 5.74) is 0. The van der Waals surface area contributed by atoms with E-state index in [0.717, 1.165) is 0 Å². The van der Waals surface area contributed by atoms with E-state index in [1.807, 2.05) is 6.92 Å². The molecule has 0 fully saturated rings. The molecule has 0 radical (unpaired) electrons. The van der Waals surface area contributed by atoms with Gasteiger partial charge in [0.05, 0.1) is 0 Å². The average Bonchev–Trinajstić information content (AvgIpc) is 1.41. The molecule has 0 rings (SSSR count). The molecule has 0 saturated heterocycles. The predicted molar refractivity (Wildman–Crippen MR) is 20.1 cm³/mol. The van der Waals surface area contributed by atoms with Crippen molar-refractivity contribution in [3.63, 3.8) is 0 Å². The van der Waals surface area contributed by atoms with Crippen LogP contribution in [0, 0.1) is 0 Å². The van der Waals surface area contributed by atoms with Crippen LogP contribution in [0.4, 0.5) is 0 Å². The lowest BCUT2D eigenvalue weighted by Gasteiger charge is -1.76. The molecule has 0 atom stereocenters. The van der Waals surface area contributed by atoms with Crippen molar-refractivity contribution in [2.45, 2.75) is 6.92 Å². The Labute approximate surface area is 31.2 Å². The van der Waals surface area contributed by atoms with E-state index in [0.29, 0.717) is 0 Å². The molecular formula is C3H7NO. The molecule has 0 amide bonds. The third-order valence-electron chi connectivity index (χ3n) is 0.215. The van der Waals surface area contributed by atoms with Crippen LogP contribution in [0.5, 0.6) is 0 Å². The van der Waals surface area contributed by atoms with Crippen molar-refractivity contribution in [2.24, 2.45) is 5.90 Å². The van der Waals surface area contributed by atoms with Crippen LogP contribution >= 0.6 is 0 Å². The molecule has 0 aromatic heterocycles. The summed E-state index contributed by atoms with van der Waals surface area (Å²) in [4.78, 5) is 4.01. The Bertz CT molecular complexity index is 33.9. The maximum atomic E-state index is 4.55. The number of allylic oxidation sites excluding steroid dienone is 1. The SMILES string of the molecule is C/C=C\ON. The van der Waals surface area contributed by atoms with Gasteiger partial charge in [0.2, 0.25) is 0 Å². The number of hydrogen-bond donors (Lipinski definition) is 1. The van der Waals surface area contributed by atoms with Crippen LogP contribution in [-0.4, -0.2) is 0 Å². The molecule has 0 unspecified atom stereocenters. The van der Waals surface area contributed by atoms with Crippen molar-refractivity contribution in [3.05, 3.63) is 12.3 Å². The van der Waals surface area contributed by atoms with Crippen LogP contribution in [0.3, 0.4) is 0 Å². The summed E-state index contributed by atoms with van der Waals surface area (Å²) < 4.78 is 0. The minimum absolute atomic E-state index is 1.40. The minimum Gasteiger partial charge on any atom is -0.420 e. The Morgan fingerprint density at radius 3 is 2.40 bits per heavy atom. The van der Waals surface area contributed by atoms with Crippen molar-refractivity contribution in [2.75, 3.05) is 0 Å². The largest absolute Gasteiger partial charge is 0.420 e. The van der Waals surface area contributed by atoms with Gasteiger partial charge >= 0.3 is 0 Å². The Kier molecular flexibility index (Phi) is 3.15. The Morgan fingerprint density at radius 1 is 1.80 bits per heavy atom. The van der Waals surface area contributed by atoms with E-state index >= 15 is 0 Å². The molecule has 30 valence electrons. The van der Waals surface area contributed by atoms with Gasteiger partial charge in [-0.05, 0) is 6.92 Å². The Morgan fingerprint density at radius 2 is 2.40 bits per heavy atom. The fraction of sp³-hybridized carbons (Fsp3) is 0.333. The van der Waals surface area contributed by atoms with Crippen molar-refractivity contribution >= 4 is 0 Å². The van der Waals surface area contributed by atoms with Crippen LogP contribution in [0.2, 0.25) is 0 Å². The molecule has 0 bridgehead atoms. The molecule has 0 heterocycles. The standard InChI is InChI=1S/C3H7NO/c1-2-3-5-4/h2-3H,4H2,1H3/b3-2-. The first kappa shape index (κ1) is 4.50. The van der Waals surface area contributed by atoms with E-state index in [-0.39, 0.29) is 0 Å². The second-order valence-corrected chi connectivity index (χ2v) is 0.605. The first-order valence-corrected chi connectivity index (χ1v) is 1.38. The summed E-state index contributed by atoms with van der Waals surface area (Å²) in [6.07, 6.45) is 3.11. The summed E-state index contributed by atoms with van der Waals surface area (Å²) in [7, 11) is 0. The molecule has 0 saturated carbocycles. The zero-order valence-corrected chi connectivity index (χ0v) is 3.14. The lowest BCUT2D eigenvalue weighted by molar-refractivity contribution is 0.260. The molecule has 0 aromatic carbocycles. The molecule has 0 aliphatic heterocycles. The van der Waals surface area contributed by atoms with Crippen LogP contribution in [0.25, 0.3) is 0 Å². The fourth-order valence-corrected chi connectivity index (χ4v) is 0.0786. The van der Waals surface area contributed by atoms with E-state index in [1.54, 1.807) is 6.08 Å². The second-order valence-electron chi connectivity index (χ2n) is 0.605. The highest BCUT2D eigenvalue weighted by atomic mass is 16.6. The maximum absolute atomic E-state index is 4.55. The quantitative estimate of drug-likeness (QED) is 0.360. The molecule has 5 heavy (non-hydrogen) atoms. The van der Waals surface area contributed by atoms with E-state index in [1.165, 1.54) is 6.26 Å². The minimum atomic E-state index is 1.40. The molecule has 2 nitrogen and oxygen atoms in total. The highest BCUT2D eigenvalue weighted by Gasteiger charge is 1.47. The number of hydrogen-bond acceptors (Lipinski definition) is 2. The molecule has 0 aliphatic carbocycles. The average molecular weight is 73.1 g/mol. The van der Waals surface area contributed by atoms with E-state index < -0.39 is 0 Å². The molecule has 2 heteroatoms. The summed E-state index contributed by atoms with van der Waals surface area (Å²) in [5, 5.41) is 0. The van der Waals surface area contributed by atoms with Gasteiger partial charge in [-0.1, -0.05) is 6.08 Å². The topological polar surface area (TPSA) is 35.2 Å². The van der Waals surface area contributed by atoms with Crippen LogP contribution < -0.4 is 5.90 Å². The molecule has 0 aliphatic rings. The van der Waals surface area contributed by atoms with Crippen molar-refractivity contribution in [1.29, 1.82) is 0 Å². The highest BCUT2D eigenvalue weighted by Crippen LogP contribution is 1.60. The normalized spacial score (nSPS) is 9.20. The fourth-order valence-electron chi connectivity index (χ4n) is 0.0786. The molecule has 2 N–H and O–H groups in total. The molecular weight excluding hydrogens is 66.0 g/mol. The second kappa shape index (κ2) is 3.50. The first-order valence-electron chi connectivity index (χ1n) is 1.38. The van der Waals surface area contributed by atoms with Gasteiger partial charge < -0.3 is 4.84 Å². The van der Waals surface area contributed by atoms with Crippen LogP contribution in [0.1, 0.15) is 6.92 Å². The van der Waals surface area contributed by atoms with E-state index in [9.17, 15) is 0 Å². The van der Waals surface area contributed by atoms with Gasteiger partial charge in [0.25, 0.3) is 0 Å². The van der Waals surface area contributed by atoms with Gasteiger partial charge in [-0.3, -0.25) is 0 Å². The van der Waals surface area contributed by atoms with E-state index in [2.05, 4.69) is 10.7 Å². The van der Waals surface area contributed by atoms with Crippen LogP contribution in [0.15, 0.2) is 12.3 Å². The summed E-state index contributed by atoms with van der Waals surface area (Å²) in [5.74, 6) is 4.55. The van der Waals surface area contributed by atoms with Crippen molar-refractivity contribution in [1.82, 2.24) is 0 Å². The van der Waals surface area contributed by atoms with E-state index in [4.69, 9.17) is 0 Å². The predicted octanol–water partition coefficient (Wildman–Crippen LogP) is 0.410. The monoisotopic (exact) mass is 73.1 g/mol. The third-order valence-corrected chi connectivity index (χ3v) is 0.215. The van der Waals surface area contributed by atoms with Gasteiger partial charge in [-0.25, -0.2) is 0 Å². The first-order chi connectivity index (χ1) is 2.41. The third kappa shape index (κ3) is 3.50.